The van der Waals surface area contributed by atoms with Crippen molar-refractivity contribution in [2.24, 2.45) is 11.7 Å². The molecule has 0 aliphatic carbocycles. The molecule has 0 aromatic heterocycles. The molecular formula is C12H14FN3O3S. The molecule has 0 radical (unpaired) electrons. The number of hydrogen-bond acceptors (Lipinski definition) is 4. The number of nitrogens with zero attached hydrogens (tertiary/aromatic N) is 1. The first kappa shape index (κ1) is 16.1. The highest BCUT2D eigenvalue weighted by Crippen LogP contribution is 2.15. The molecule has 0 unspecified atom stereocenters. The van der Waals surface area contributed by atoms with Crippen LogP contribution in [0, 0.1) is 23.1 Å². The molecule has 6 nitrogen and oxygen atoms in total. The fourth-order valence-electron chi connectivity index (χ4n) is 1.52. The van der Waals surface area contributed by atoms with E-state index < -0.39 is 33.4 Å². The van der Waals surface area contributed by atoms with Crippen LogP contribution < -0.4 is 10.5 Å². The van der Waals surface area contributed by atoms with E-state index in [-0.39, 0.29) is 10.8 Å². The van der Waals surface area contributed by atoms with E-state index in [1.165, 1.54) is 0 Å². The van der Waals surface area contributed by atoms with Crippen molar-refractivity contribution in [2.75, 3.05) is 0 Å². The molecule has 108 valence electrons. The number of primary amides is 1. The number of amides is 1. The van der Waals surface area contributed by atoms with Gasteiger partial charge in [0.05, 0.1) is 10.5 Å². The van der Waals surface area contributed by atoms with Crippen LogP contribution in [0.4, 0.5) is 4.39 Å². The molecular weight excluding hydrogens is 285 g/mol. The van der Waals surface area contributed by atoms with Crippen molar-refractivity contribution in [2.45, 2.75) is 24.8 Å². The van der Waals surface area contributed by atoms with E-state index in [0.29, 0.717) is 0 Å². The summed E-state index contributed by atoms with van der Waals surface area (Å²) in [7, 11) is -4.07. The average Bonchev–Trinajstić information content (AvgIpc) is 2.35. The molecule has 0 aliphatic heterocycles. The number of sulfonamides is 1. The molecule has 1 aromatic rings. The number of nitriles is 1. The Hall–Kier alpha value is -1.98. The van der Waals surface area contributed by atoms with Gasteiger partial charge in [0.15, 0.2) is 0 Å². The van der Waals surface area contributed by atoms with E-state index in [4.69, 9.17) is 11.0 Å². The summed E-state index contributed by atoms with van der Waals surface area (Å²) >= 11 is 0. The van der Waals surface area contributed by atoms with Gasteiger partial charge in [-0.05, 0) is 24.1 Å². The fourth-order valence-corrected chi connectivity index (χ4v) is 2.89. The number of carbonyl (C=O) groups is 1. The predicted molar refractivity (Wildman–Crippen MR) is 69.3 cm³/mol. The number of carbonyl (C=O) groups excluding carboxylic acids is 1. The molecule has 1 atom stereocenters. The standard InChI is InChI=1S/C12H14FN3O3S/c1-7(2)11(12(15)17)16-20(18,19)9-3-4-10(13)8(5-9)6-14/h3-5,7,11,16H,1-2H3,(H2,15,17)/t11-/m0/s1. The Kier molecular flexibility index (Phi) is 4.81. The Bertz CT molecular complexity index is 665. The first-order valence-electron chi connectivity index (χ1n) is 5.70. The van der Waals surface area contributed by atoms with Crippen LogP contribution in [0.1, 0.15) is 19.4 Å². The van der Waals surface area contributed by atoms with Gasteiger partial charge in [0.1, 0.15) is 17.9 Å². The zero-order valence-corrected chi connectivity index (χ0v) is 11.7. The molecule has 20 heavy (non-hydrogen) atoms. The summed E-state index contributed by atoms with van der Waals surface area (Å²) in [5, 5.41) is 8.69. The van der Waals surface area contributed by atoms with E-state index in [2.05, 4.69) is 4.72 Å². The van der Waals surface area contributed by atoms with Gasteiger partial charge in [-0.1, -0.05) is 13.8 Å². The van der Waals surface area contributed by atoms with Crippen molar-refractivity contribution >= 4 is 15.9 Å². The highest BCUT2D eigenvalue weighted by atomic mass is 32.2. The summed E-state index contributed by atoms with van der Waals surface area (Å²) in [5.74, 6) is -1.98. The van der Waals surface area contributed by atoms with E-state index in [9.17, 15) is 17.6 Å². The van der Waals surface area contributed by atoms with Gasteiger partial charge in [0.25, 0.3) is 0 Å². The Morgan fingerprint density at radius 1 is 1.45 bits per heavy atom. The maximum Gasteiger partial charge on any atom is 0.241 e. The van der Waals surface area contributed by atoms with Crippen LogP contribution in [0.15, 0.2) is 23.1 Å². The summed E-state index contributed by atoms with van der Waals surface area (Å²) in [5.41, 5.74) is 4.73. The lowest BCUT2D eigenvalue weighted by atomic mass is 10.1. The monoisotopic (exact) mass is 299 g/mol. The lowest BCUT2D eigenvalue weighted by molar-refractivity contribution is -0.120. The van der Waals surface area contributed by atoms with Crippen molar-refractivity contribution in [1.29, 1.82) is 5.26 Å². The molecule has 0 fully saturated rings. The van der Waals surface area contributed by atoms with Gasteiger partial charge in [0, 0.05) is 0 Å². The summed E-state index contributed by atoms with van der Waals surface area (Å²) in [6.07, 6.45) is 0. The van der Waals surface area contributed by atoms with Crippen LogP contribution in [-0.4, -0.2) is 20.4 Å². The summed E-state index contributed by atoms with van der Waals surface area (Å²) in [6.45, 7) is 3.26. The van der Waals surface area contributed by atoms with Crippen molar-refractivity contribution in [3.8, 4) is 6.07 Å². The lowest BCUT2D eigenvalue weighted by Gasteiger charge is -2.19. The van der Waals surface area contributed by atoms with E-state index in [1.807, 2.05) is 0 Å². The first-order valence-corrected chi connectivity index (χ1v) is 7.18. The fraction of sp³-hybridized carbons (Fsp3) is 0.333. The van der Waals surface area contributed by atoms with Gasteiger partial charge in [-0.15, -0.1) is 0 Å². The van der Waals surface area contributed by atoms with Crippen molar-refractivity contribution in [1.82, 2.24) is 4.72 Å². The van der Waals surface area contributed by atoms with Gasteiger partial charge in [-0.2, -0.15) is 9.98 Å². The number of halogens is 1. The molecule has 1 amide bonds. The van der Waals surface area contributed by atoms with E-state index >= 15 is 0 Å². The first-order chi connectivity index (χ1) is 9.19. The average molecular weight is 299 g/mol. The zero-order valence-electron chi connectivity index (χ0n) is 10.9. The molecule has 0 saturated carbocycles. The minimum atomic E-state index is -4.07. The quantitative estimate of drug-likeness (QED) is 0.823. The molecule has 0 spiro atoms. The third kappa shape index (κ3) is 3.53. The molecule has 3 N–H and O–H groups in total. The third-order valence-corrected chi connectivity index (χ3v) is 4.06. The van der Waals surface area contributed by atoms with Gasteiger partial charge in [0.2, 0.25) is 15.9 Å². The second-order valence-corrected chi connectivity index (χ2v) is 6.21. The van der Waals surface area contributed by atoms with Gasteiger partial charge in [-0.3, -0.25) is 4.79 Å². The summed E-state index contributed by atoms with van der Waals surface area (Å²) < 4.78 is 39.5. The van der Waals surface area contributed by atoms with Gasteiger partial charge >= 0.3 is 0 Å². The third-order valence-electron chi connectivity index (χ3n) is 2.62. The number of rotatable bonds is 5. The largest absolute Gasteiger partial charge is 0.368 e. The topological polar surface area (TPSA) is 113 Å². The molecule has 0 bridgehead atoms. The highest BCUT2D eigenvalue weighted by molar-refractivity contribution is 7.89. The highest BCUT2D eigenvalue weighted by Gasteiger charge is 2.27. The molecule has 0 saturated heterocycles. The smallest absolute Gasteiger partial charge is 0.241 e. The summed E-state index contributed by atoms with van der Waals surface area (Å²) in [6, 6.07) is 3.25. The van der Waals surface area contributed by atoms with Crippen LogP contribution in [0.5, 0.6) is 0 Å². The van der Waals surface area contributed by atoms with Gasteiger partial charge < -0.3 is 5.73 Å². The van der Waals surface area contributed by atoms with Crippen molar-refractivity contribution in [3.63, 3.8) is 0 Å². The van der Waals surface area contributed by atoms with Crippen LogP contribution in [0.2, 0.25) is 0 Å². The zero-order chi connectivity index (χ0) is 15.5. The number of nitrogens with one attached hydrogen (secondary N) is 1. The minimum Gasteiger partial charge on any atom is -0.368 e. The number of benzene rings is 1. The maximum atomic E-state index is 13.2. The molecule has 1 aromatic carbocycles. The maximum absolute atomic E-state index is 13.2. The van der Waals surface area contributed by atoms with Crippen molar-refractivity contribution < 1.29 is 17.6 Å². The lowest BCUT2D eigenvalue weighted by Crippen LogP contribution is -2.47. The Morgan fingerprint density at radius 3 is 2.50 bits per heavy atom. The van der Waals surface area contributed by atoms with Crippen molar-refractivity contribution in [3.05, 3.63) is 29.6 Å². The molecule has 0 heterocycles. The Balaban J connectivity index is 3.18. The van der Waals surface area contributed by atoms with Crippen LogP contribution in [0.25, 0.3) is 0 Å². The van der Waals surface area contributed by atoms with Crippen LogP contribution >= 0.6 is 0 Å². The second-order valence-electron chi connectivity index (χ2n) is 4.50. The van der Waals surface area contributed by atoms with Crippen LogP contribution in [0.3, 0.4) is 0 Å². The molecule has 8 heteroatoms. The van der Waals surface area contributed by atoms with Crippen LogP contribution in [-0.2, 0) is 14.8 Å². The SMILES string of the molecule is CC(C)[C@H](NS(=O)(=O)c1ccc(F)c(C#N)c1)C(N)=O. The Morgan fingerprint density at radius 2 is 2.05 bits per heavy atom. The molecule has 0 aliphatic rings. The minimum absolute atomic E-state index is 0.303. The van der Waals surface area contributed by atoms with E-state index in [1.54, 1.807) is 19.9 Å². The summed E-state index contributed by atoms with van der Waals surface area (Å²) in [4.78, 5) is 10.9. The predicted octanol–water partition coefficient (Wildman–Crippen LogP) is 0.486. The second kappa shape index (κ2) is 5.98. The molecule has 1 rings (SSSR count). The Labute approximate surface area is 116 Å². The van der Waals surface area contributed by atoms with Gasteiger partial charge in [-0.25, -0.2) is 12.8 Å². The van der Waals surface area contributed by atoms with E-state index in [0.717, 1.165) is 18.2 Å². The number of hydrogen-bond donors (Lipinski definition) is 2. The number of nitrogens with two attached hydrogens (primary N) is 1. The normalized spacial score (nSPS) is 12.9.